The van der Waals surface area contributed by atoms with E-state index in [1.807, 2.05) is 35.2 Å². The van der Waals surface area contributed by atoms with Gasteiger partial charge < -0.3 is 24.4 Å². The zero-order chi connectivity index (χ0) is 23.5. The van der Waals surface area contributed by atoms with Crippen LogP contribution < -0.4 is 20.9 Å². The summed E-state index contributed by atoms with van der Waals surface area (Å²) in [5.74, 6) is 1.18. The molecule has 1 saturated heterocycles. The molecule has 0 spiro atoms. The molecule has 1 unspecified atom stereocenters. The number of benzene rings is 1. The first kappa shape index (κ1) is 23.0. The van der Waals surface area contributed by atoms with Crippen molar-refractivity contribution in [3.8, 4) is 5.75 Å². The lowest BCUT2D eigenvalue weighted by atomic mass is 10.3. The van der Waals surface area contributed by atoms with E-state index in [4.69, 9.17) is 4.74 Å². The van der Waals surface area contributed by atoms with Crippen molar-refractivity contribution in [3.05, 3.63) is 51.2 Å². The Morgan fingerprint density at radius 1 is 1.06 bits per heavy atom. The van der Waals surface area contributed by atoms with Crippen molar-refractivity contribution in [1.29, 1.82) is 0 Å². The topological polar surface area (TPSA) is 118 Å². The summed E-state index contributed by atoms with van der Waals surface area (Å²) < 4.78 is 9.78. The van der Waals surface area contributed by atoms with Crippen LogP contribution in [-0.4, -0.2) is 85.8 Å². The lowest BCUT2D eigenvalue weighted by Gasteiger charge is -2.35. The highest BCUT2D eigenvalue weighted by atomic mass is 16.5. The molecule has 2 N–H and O–H groups in total. The molecule has 4 rings (SSSR count). The summed E-state index contributed by atoms with van der Waals surface area (Å²) >= 11 is 0. The summed E-state index contributed by atoms with van der Waals surface area (Å²) in [4.78, 5) is 34.4. The van der Waals surface area contributed by atoms with E-state index in [2.05, 4.69) is 9.88 Å². The van der Waals surface area contributed by atoms with Gasteiger partial charge in [-0.15, -0.1) is 0 Å². The molecule has 2 aromatic heterocycles. The standard InChI is InChI=1S/C22H30N6O5/c1-24-19-18(20(31)25(2)22(24)32)28(14-16(30)15-33-17-6-4-3-5-7-17)21(23-19)27-10-8-26(9-11-27)12-13-29/h3-7,16,29-30H,8-15H2,1-2H3. The van der Waals surface area contributed by atoms with Crippen LogP contribution in [0.15, 0.2) is 39.9 Å². The largest absolute Gasteiger partial charge is 0.491 e. The van der Waals surface area contributed by atoms with E-state index in [0.717, 1.165) is 17.7 Å². The van der Waals surface area contributed by atoms with Gasteiger partial charge in [-0.1, -0.05) is 18.2 Å². The van der Waals surface area contributed by atoms with Crippen LogP contribution in [0.4, 0.5) is 5.95 Å². The number of hydrogen-bond donors (Lipinski definition) is 2. The van der Waals surface area contributed by atoms with E-state index >= 15 is 0 Å². The van der Waals surface area contributed by atoms with E-state index in [9.17, 15) is 19.8 Å². The first-order chi connectivity index (χ1) is 15.9. The number of aryl methyl sites for hydroxylation is 1. The van der Waals surface area contributed by atoms with Crippen molar-refractivity contribution in [1.82, 2.24) is 23.6 Å². The minimum Gasteiger partial charge on any atom is -0.491 e. The number of nitrogens with zero attached hydrogens (tertiary/aromatic N) is 6. The van der Waals surface area contributed by atoms with Gasteiger partial charge in [0.15, 0.2) is 11.2 Å². The van der Waals surface area contributed by atoms with Gasteiger partial charge in [-0.25, -0.2) is 4.79 Å². The number of piperazine rings is 1. The molecule has 0 amide bonds. The molecule has 3 aromatic rings. The molecule has 1 aliphatic heterocycles. The number of fused-ring (bicyclic) bond motifs is 1. The Morgan fingerprint density at radius 2 is 1.76 bits per heavy atom. The summed E-state index contributed by atoms with van der Waals surface area (Å²) in [5.41, 5.74) is -0.357. The number of β-amino-alcohol motifs (C(OH)–C–C–N with tert-alkyl or cyclic N) is 1. The molecule has 11 heteroatoms. The van der Waals surface area contributed by atoms with Crippen LogP contribution >= 0.6 is 0 Å². The first-order valence-electron chi connectivity index (χ1n) is 11.0. The Kier molecular flexibility index (Phi) is 6.82. The Hall–Kier alpha value is -3.15. The smallest absolute Gasteiger partial charge is 0.332 e. The van der Waals surface area contributed by atoms with Crippen LogP contribution in [0.3, 0.4) is 0 Å². The van der Waals surface area contributed by atoms with Crippen molar-refractivity contribution in [2.24, 2.45) is 14.1 Å². The summed E-state index contributed by atoms with van der Waals surface area (Å²) in [6.07, 6.45) is -0.904. The maximum Gasteiger partial charge on any atom is 0.332 e. The van der Waals surface area contributed by atoms with Crippen molar-refractivity contribution < 1.29 is 14.9 Å². The molecular formula is C22H30N6O5. The number of para-hydroxylation sites is 1. The zero-order valence-electron chi connectivity index (χ0n) is 18.9. The van der Waals surface area contributed by atoms with Crippen molar-refractivity contribution in [2.45, 2.75) is 12.6 Å². The summed E-state index contributed by atoms with van der Waals surface area (Å²) in [5, 5.41) is 20.0. The predicted molar refractivity (Wildman–Crippen MR) is 124 cm³/mol. The number of aliphatic hydroxyl groups is 2. The molecule has 33 heavy (non-hydrogen) atoms. The van der Waals surface area contributed by atoms with E-state index in [1.54, 1.807) is 11.6 Å². The van der Waals surface area contributed by atoms with Gasteiger partial charge in [0.1, 0.15) is 18.5 Å². The quantitative estimate of drug-likeness (QED) is 0.441. The highest BCUT2D eigenvalue weighted by Crippen LogP contribution is 2.22. The Labute approximate surface area is 190 Å². The average Bonchev–Trinajstić information content (AvgIpc) is 3.20. The van der Waals surface area contributed by atoms with Crippen molar-refractivity contribution >= 4 is 17.1 Å². The third-order valence-electron chi connectivity index (χ3n) is 5.98. The minimum atomic E-state index is -0.904. The number of ether oxygens (including phenoxy) is 1. The van der Waals surface area contributed by atoms with Gasteiger partial charge in [0.2, 0.25) is 5.95 Å². The second kappa shape index (κ2) is 9.77. The Morgan fingerprint density at radius 3 is 2.42 bits per heavy atom. The van der Waals surface area contributed by atoms with Gasteiger partial charge in [0.05, 0.1) is 13.2 Å². The number of aromatic nitrogens is 4. The van der Waals surface area contributed by atoms with Crippen LogP contribution in [0.25, 0.3) is 11.2 Å². The second-order valence-electron chi connectivity index (χ2n) is 8.23. The van der Waals surface area contributed by atoms with Gasteiger partial charge in [0, 0.05) is 46.8 Å². The third-order valence-corrected chi connectivity index (χ3v) is 5.98. The fourth-order valence-electron chi connectivity index (χ4n) is 4.13. The van der Waals surface area contributed by atoms with Crippen LogP contribution in [0.5, 0.6) is 5.75 Å². The number of hydrogen-bond acceptors (Lipinski definition) is 8. The Balaban J connectivity index is 1.67. The van der Waals surface area contributed by atoms with Gasteiger partial charge in [-0.3, -0.25) is 18.8 Å². The predicted octanol–water partition coefficient (Wildman–Crippen LogP) is -1.01. The van der Waals surface area contributed by atoms with Crippen LogP contribution in [0.2, 0.25) is 0 Å². The molecule has 3 heterocycles. The van der Waals surface area contributed by atoms with Gasteiger partial charge >= 0.3 is 5.69 Å². The van der Waals surface area contributed by atoms with Gasteiger partial charge in [-0.2, -0.15) is 4.98 Å². The van der Waals surface area contributed by atoms with Gasteiger partial charge in [-0.05, 0) is 12.1 Å². The van der Waals surface area contributed by atoms with E-state index in [-0.39, 0.29) is 30.9 Å². The molecule has 1 aromatic carbocycles. The number of imidazole rings is 1. The second-order valence-corrected chi connectivity index (χ2v) is 8.23. The van der Waals surface area contributed by atoms with Crippen molar-refractivity contribution in [3.63, 3.8) is 0 Å². The molecule has 11 nitrogen and oxygen atoms in total. The summed E-state index contributed by atoms with van der Waals surface area (Å²) in [7, 11) is 3.02. The lowest BCUT2D eigenvalue weighted by molar-refractivity contribution is 0.0934. The molecule has 0 bridgehead atoms. The number of aliphatic hydroxyl groups excluding tert-OH is 2. The Bertz CT molecular complexity index is 1210. The zero-order valence-corrected chi connectivity index (χ0v) is 18.9. The molecule has 1 atom stereocenters. The van der Waals surface area contributed by atoms with Crippen LogP contribution in [0, 0.1) is 0 Å². The van der Waals surface area contributed by atoms with E-state index in [0.29, 0.717) is 31.3 Å². The number of anilines is 1. The molecule has 0 radical (unpaired) electrons. The first-order valence-corrected chi connectivity index (χ1v) is 11.0. The molecule has 178 valence electrons. The molecule has 0 aliphatic carbocycles. The fraction of sp³-hybridized carbons (Fsp3) is 0.500. The average molecular weight is 459 g/mol. The summed E-state index contributed by atoms with van der Waals surface area (Å²) in [6, 6.07) is 9.20. The molecule has 0 saturated carbocycles. The monoisotopic (exact) mass is 458 g/mol. The fourth-order valence-corrected chi connectivity index (χ4v) is 4.13. The van der Waals surface area contributed by atoms with E-state index in [1.165, 1.54) is 11.6 Å². The number of rotatable bonds is 8. The third kappa shape index (κ3) is 4.65. The van der Waals surface area contributed by atoms with Crippen LogP contribution in [-0.2, 0) is 20.6 Å². The van der Waals surface area contributed by atoms with E-state index < -0.39 is 17.4 Å². The normalized spacial score (nSPS) is 15.8. The maximum absolute atomic E-state index is 13.0. The highest BCUT2D eigenvalue weighted by molar-refractivity contribution is 5.74. The minimum absolute atomic E-state index is 0.0412. The van der Waals surface area contributed by atoms with Gasteiger partial charge in [0.25, 0.3) is 5.56 Å². The molecule has 1 fully saturated rings. The van der Waals surface area contributed by atoms with Crippen LogP contribution in [0.1, 0.15) is 0 Å². The van der Waals surface area contributed by atoms with Crippen molar-refractivity contribution in [2.75, 3.05) is 50.8 Å². The SMILES string of the molecule is Cn1c(=O)c2c(nc(N3CCN(CCO)CC3)n2CC(O)COc2ccccc2)n(C)c1=O. The summed E-state index contributed by atoms with van der Waals surface area (Å²) in [6.45, 7) is 3.60. The highest BCUT2D eigenvalue weighted by Gasteiger charge is 2.26. The maximum atomic E-state index is 13.0. The lowest BCUT2D eigenvalue weighted by Crippen LogP contribution is -2.48. The molecular weight excluding hydrogens is 428 g/mol. The molecule has 1 aliphatic rings.